The maximum Gasteiger partial charge on any atom is 0.253 e. The van der Waals surface area contributed by atoms with Crippen molar-refractivity contribution in [3.8, 4) is 0 Å². The number of carbonyl (C=O) groups excluding carboxylic acids is 2. The van der Waals surface area contributed by atoms with Crippen LogP contribution < -0.4 is 10.6 Å². The van der Waals surface area contributed by atoms with Crippen LogP contribution in [0.4, 0.5) is 4.39 Å². The second-order valence-electron chi connectivity index (χ2n) is 5.71. The molecule has 2 amide bonds. The summed E-state index contributed by atoms with van der Waals surface area (Å²) in [4.78, 5) is 24.2. The molecule has 1 aromatic heterocycles. The van der Waals surface area contributed by atoms with Crippen molar-refractivity contribution in [3.05, 3.63) is 52.6 Å². The summed E-state index contributed by atoms with van der Waals surface area (Å²) >= 11 is 5.87. The largest absolute Gasteiger partial charge is 0.347 e. The van der Waals surface area contributed by atoms with Crippen LogP contribution in [0.25, 0.3) is 0 Å². The molecule has 0 spiro atoms. The molecule has 0 unspecified atom stereocenters. The fourth-order valence-electron chi connectivity index (χ4n) is 2.80. The Kier molecular flexibility index (Phi) is 4.53. The molecule has 0 bridgehead atoms. The first kappa shape index (κ1) is 16.4. The van der Waals surface area contributed by atoms with Crippen LogP contribution in [0.5, 0.6) is 0 Å². The van der Waals surface area contributed by atoms with Crippen molar-refractivity contribution in [1.82, 2.24) is 20.4 Å². The van der Waals surface area contributed by atoms with Crippen molar-refractivity contribution >= 4 is 23.4 Å². The van der Waals surface area contributed by atoms with Crippen molar-refractivity contribution in [1.29, 1.82) is 0 Å². The van der Waals surface area contributed by atoms with Gasteiger partial charge in [-0.1, -0.05) is 17.7 Å². The van der Waals surface area contributed by atoms with E-state index in [2.05, 4.69) is 15.7 Å². The van der Waals surface area contributed by atoms with Crippen LogP contribution in [0.2, 0.25) is 5.02 Å². The van der Waals surface area contributed by atoms with E-state index < -0.39 is 17.8 Å². The molecule has 6 nitrogen and oxygen atoms in total. The molecule has 1 aromatic carbocycles. The lowest BCUT2D eigenvalue weighted by atomic mass is 9.93. The highest BCUT2D eigenvalue weighted by atomic mass is 35.5. The van der Waals surface area contributed by atoms with E-state index in [4.69, 9.17) is 11.6 Å². The van der Waals surface area contributed by atoms with E-state index in [1.807, 2.05) is 0 Å². The topological polar surface area (TPSA) is 76.0 Å². The number of rotatable bonds is 3. The zero-order valence-corrected chi connectivity index (χ0v) is 13.7. The number of piperidine rings is 1. The molecule has 8 heteroatoms. The molecular formula is C16H16ClFN4O2. The highest BCUT2D eigenvalue weighted by molar-refractivity contribution is 6.34. The first-order chi connectivity index (χ1) is 11.5. The molecule has 0 radical (unpaired) electrons. The molecule has 2 heterocycles. The smallest absolute Gasteiger partial charge is 0.253 e. The number of aromatic nitrogens is 2. The molecule has 1 saturated heterocycles. The molecule has 1 aliphatic heterocycles. The number of benzene rings is 1. The molecule has 0 saturated carbocycles. The van der Waals surface area contributed by atoms with Crippen molar-refractivity contribution in [3.63, 3.8) is 0 Å². The van der Waals surface area contributed by atoms with Gasteiger partial charge in [0.1, 0.15) is 5.82 Å². The first-order valence-electron chi connectivity index (χ1n) is 7.48. The van der Waals surface area contributed by atoms with E-state index in [0.29, 0.717) is 12.8 Å². The van der Waals surface area contributed by atoms with Gasteiger partial charge in [-0.05, 0) is 18.6 Å². The zero-order valence-electron chi connectivity index (χ0n) is 12.9. The quantitative estimate of drug-likeness (QED) is 0.888. The van der Waals surface area contributed by atoms with Crippen LogP contribution in [0.15, 0.2) is 30.6 Å². The van der Waals surface area contributed by atoms with Crippen LogP contribution in [0, 0.1) is 5.82 Å². The minimum absolute atomic E-state index is 0.0681. The van der Waals surface area contributed by atoms with Crippen molar-refractivity contribution < 1.29 is 14.0 Å². The lowest BCUT2D eigenvalue weighted by Gasteiger charge is -2.32. The number of carbonyl (C=O) groups is 2. The van der Waals surface area contributed by atoms with Gasteiger partial charge >= 0.3 is 0 Å². The summed E-state index contributed by atoms with van der Waals surface area (Å²) < 4.78 is 15.2. The van der Waals surface area contributed by atoms with E-state index in [1.165, 1.54) is 18.2 Å². The monoisotopic (exact) mass is 350 g/mol. The predicted octanol–water partition coefficient (Wildman–Crippen LogP) is 1.96. The Morgan fingerprint density at radius 1 is 1.50 bits per heavy atom. The fraction of sp³-hybridized carbons (Fsp3) is 0.312. The minimum Gasteiger partial charge on any atom is -0.347 e. The van der Waals surface area contributed by atoms with E-state index >= 15 is 0 Å². The second kappa shape index (κ2) is 6.60. The van der Waals surface area contributed by atoms with Crippen molar-refractivity contribution in [2.75, 3.05) is 0 Å². The molecule has 126 valence electrons. The number of aryl methyl sites for hydroxylation is 1. The highest BCUT2D eigenvalue weighted by Crippen LogP contribution is 2.25. The summed E-state index contributed by atoms with van der Waals surface area (Å²) in [5.74, 6) is -1.21. The molecule has 2 aromatic rings. The van der Waals surface area contributed by atoms with Gasteiger partial charge in [-0.25, -0.2) is 4.39 Å². The number of nitrogens with zero attached hydrogens (tertiary/aromatic N) is 2. The molecule has 0 aliphatic carbocycles. The number of hydrogen-bond donors (Lipinski definition) is 2. The number of halogens is 2. The summed E-state index contributed by atoms with van der Waals surface area (Å²) in [5, 5.41) is 9.59. The Morgan fingerprint density at radius 3 is 3.00 bits per heavy atom. The normalized spacial score (nSPS) is 20.5. The Balaban J connectivity index is 1.82. The van der Waals surface area contributed by atoms with E-state index in [9.17, 15) is 14.0 Å². The van der Waals surface area contributed by atoms with Gasteiger partial charge < -0.3 is 10.6 Å². The third-order valence-corrected chi connectivity index (χ3v) is 4.38. The van der Waals surface area contributed by atoms with Gasteiger partial charge in [0.15, 0.2) is 0 Å². The van der Waals surface area contributed by atoms with Gasteiger partial charge in [0.05, 0.1) is 28.9 Å². The van der Waals surface area contributed by atoms with Crippen LogP contribution >= 0.6 is 11.6 Å². The number of amides is 2. The lowest BCUT2D eigenvalue weighted by Crippen LogP contribution is -2.50. The number of hydrogen-bond acceptors (Lipinski definition) is 3. The number of nitrogens with one attached hydrogen (secondary N) is 2. The van der Waals surface area contributed by atoms with Gasteiger partial charge in [-0.3, -0.25) is 14.3 Å². The summed E-state index contributed by atoms with van der Waals surface area (Å²) in [6, 6.07) is 3.35. The van der Waals surface area contributed by atoms with Crippen LogP contribution in [0.3, 0.4) is 0 Å². The van der Waals surface area contributed by atoms with Gasteiger partial charge in [0.25, 0.3) is 5.91 Å². The Hall–Kier alpha value is -2.41. The maximum absolute atomic E-state index is 13.5. The molecule has 1 aliphatic rings. The van der Waals surface area contributed by atoms with Gasteiger partial charge in [-0.15, -0.1) is 0 Å². The van der Waals surface area contributed by atoms with Crippen LogP contribution in [-0.4, -0.2) is 27.6 Å². The summed E-state index contributed by atoms with van der Waals surface area (Å²) in [6.45, 7) is 0. The van der Waals surface area contributed by atoms with Crippen LogP contribution in [-0.2, 0) is 11.8 Å². The van der Waals surface area contributed by atoms with Crippen molar-refractivity contribution in [2.24, 2.45) is 7.05 Å². The summed E-state index contributed by atoms with van der Waals surface area (Å²) in [5.41, 5.74) is 0.861. The minimum atomic E-state index is -0.648. The average molecular weight is 351 g/mol. The fourth-order valence-corrected chi connectivity index (χ4v) is 3.01. The molecular weight excluding hydrogens is 335 g/mol. The Bertz CT molecular complexity index is 792. The van der Waals surface area contributed by atoms with Gasteiger partial charge in [0, 0.05) is 25.2 Å². The molecule has 2 N–H and O–H groups in total. The van der Waals surface area contributed by atoms with E-state index in [0.717, 1.165) is 5.56 Å². The summed E-state index contributed by atoms with van der Waals surface area (Å²) in [6.07, 6.45) is 4.21. The standard InChI is InChI=1S/C16H16ClFN4O2/c1-22-8-9(7-19-22)15-12(5-6-13(23)21-15)20-16(24)10-3-2-4-11(18)14(10)17/h2-4,7-8,12,15H,5-6H2,1H3,(H,20,24)(H,21,23)/t12-,15+/m1/s1. The zero-order chi connectivity index (χ0) is 17.3. The Labute approximate surface area is 143 Å². The van der Waals surface area contributed by atoms with Gasteiger partial charge in [0.2, 0.25) is 5.91 Å². The third kappa shape index (κ3) is 3.26. The van der Waals surface area contributed by atoms with E-state index in [1.54, 1.807) is 24.1 Å². The third-order valence-electron chi connectivity index (χ3n) is 4.00. The first-order valence-corrected chi connectivity index (χ1v) is 7.86. The lowest BCUT2D eigenvalue weighted by molar-refractivity contribution is -0.123. The molecule has 3 rings (SSSR count). The molecule has 24 heavy (non-hydrogen) atoms. The highest BCUT2D eigenvalue weighted by Gasteiger charge is 2.32. The SMILES string of the molecule is Cn1cc([C@@H]2NC(=O)CC[C@H]2NC(=O)c2cccc(F)c2Cl)cn1. The van der Waals surface area contributed by atoms with Crippen molar-refractivity contribution in [2.45, 2.75) is 24.9 Å². The molecule has 2 atom stereocenters. The Morgan fingerprint density at radius 2 is 2.29 bits per heavy atom. The predicted molar refractivity (Wildman–Crippen MR) is 86.0 cm³/mol. The van der Waals surface area contributed by atoms with Crippen LogP contribution in [0.1, 0.15) is 34.8 Å². The average Bonchev–Trinajstić information content (AvgIpc) is 2.98. The van der Waals surface area contributed by atoms with Gasteiger partial charge in [-0.2, -0.15) is 5.10 Å². The summed E-state index contributed by atoms with van der Waals surface area (Å²) in [7, 11) is 1.77. The van der Waals surface area contributed by atoms with E-state index in [-0.39, 0.29) is 22.5 Å². The molecule has 1 fully saturated rings. The second-order valence-corrected chi connectivity index (χ2v) is 6.09. The maximum atomic E-state index is 13.5.